The van der Waals surface area contributed by atoms with Crippen LogP contribution in [0.15, 0.2) is 42.5 Å². The first-order valence-corrected chi connectivity index (χ1v) is 12.4. The highest BCUT2D eigenvalue weighted by atomic mass is 16.5. The first kappa shape index (κ1) is 23.3. The molecule has 2 aliphatic rings. The van der Waals surface area contributed by atoms with Gasteiger partial charge in [-0.2, -0.15) is 0 Å². The molecule has 0 radical (unpaired) electrons. The molecule has 0 bridgehead atoms. The molecule has 1 unspecified atom stereocenters. The van der Waals surface area contributed by atoms with E-state index in [1.165, 1.54) is 19.4 Å². The molecule has 5 rings (SSSR count). The van der Waals surface area contributed by atoms with Crippen LogP contribution in [-0.2, 0) is 11.8 Å². The minimum atomic E-state index is -0.169. The normalized spacial score (nSPS) is 19.0. The second-order valence-corrected chi connectivity index (χ2v) is 9.41. The van der Waals surface area contributed by atoms with Crippen LogP contribution in [0.3, 0.4) is 0 Å². The fourth-order valence-electron chi connectivity index (χ4n) is 4.98. The molecule has 184 valence electrons. The van der Waals surface area contributed by atoms with Crippen LogP contribution >= 0.6 is 0 Å². The molecule has 3 heterocycles. The van der Waals surface area contributed by atoms with Gasteiger partial charge in [-0.25, -0.2) is 4.68 Å². The SMILES string of the molecule is CC1CCCN1CCCOc1ccc(N2CCN(C(=O)c3ccc4c(c3)nnn4C)CC2=O)cc1. The molecule has 0 spiro atoms. The summed E-state index contributed by atoms with van der Waals surface area (Å²) in [6.45, 7) is 6.21. The maximum absolute atomic E-state index is 13.0. The van der Waals surface area contributed by atoms with Gasteiger partial charge in [-0.05, 0) is 75.2 Å². The average molecular weight is 477 g/mol. The molecule has 9 nitrogen and oxygen atoms in total. The summed E-state index contributed by atoms with van der Waals surface area (Å²) in [7, 11) is 1.81. The van der Waals surface area contributed by atoms with Crippen LogP contribution < -0.4 is 9.64 Å². The quantitative estimate of drug-likeness (QED) is 0.488. The zero-order chi connectivity index (χ0) is 24.4. The van der Waals surface area contributed by atoms with Crippen molar-refractivity contribution in [3.63, 3.8) is 0 Å². The zero-order valence-corrected chi connectivity index (χ0v) is 20.4. The highest BCUT2D eigenvalue weighted by molar-refractivity contribution is 6.02. The second-order valence-electron chi connectivity index (χ2n) is 9.41. The number of amides is 2. The van der Waals surface area contributed by atoms with Crippen molar-refractivity contribution in [1.29, 1.82) is 0 Å². The highest BCUT2D eigenvalue weighted by Crippen LogP contribution is 2.23. The van der Waals surface area contributed by atoms with Gasteiger partial charge in [0.2, 0.25) is 5.91 Å². The van der Waals surface area contributed by atoms with Crippen LogP contribution in [0.1, 0.15) is 36.5 Å². The van der Waals surface area contributed by atoms with Gasteiger partial charge in [-0.1, -0.05) is 5.21 Å². The van der Waals surface area contributed by atoms with Crippen LogP contribution in [-0.4, -0.2) is 82.0 Å². The minimum absolute atomic E-state index is 0.0461. The average Bonchev–Trinajstić information content (AvgIpc) is 3.46. The molecule has 0 aliphatic carbocycles. The number of fused-ring (bicyclic) bond motifs is 1. The first-order chi connectivity index (χ1) is 17.0. The number of piperazine rings is 1. The summed E-state index contributed by atoms with van der Waals surface area (Å²) in [6, 6.07) is 13.6. The Hall–Kier alpha value is -3.46. The van der Waals surface area contributed by atoms with Crippen LogP contribution in [0.25, 0.3) is 11.0 Å². The number of anilines is 1. The van der Waals surface area contributed by atoms with Crippen molar-refractivity contribution in [3.05, 3.63) is 48.0 Å². The topological polar surface area (TPSA) is 83.8 Å². The Labute approximate surface area is 205 Å². The fourth-order valence-corrected chi connectivity index (χ4v) is 4.98. The van der Waals surface area contributed by atoms with Crippen molar-refractivity contribution in [2.45, 2.75) is 32.2 Å². The first-order valence-electron chi connectivity index (χ1n) is 12.4. The van der Waals surface area contributed by atoms with Crippen molar-refractivity contribution in [2.75, 3.05) is 44.2 Å². The molecule has 2 aliphatic heterocycles. The number of rotatable bonds is 7. The molecule has 9 heteroatoms. The van der Waals surface area contributed by atoms with Gasteiger partial charge in [0.25, 0.3) is 5.91 Å². The maximum atomic E-state index is 13.0. The molecule has 1 aromatic heterocycles. The number of nitrogens with zero attached hydrogens (tertiary/aromatic N) is 6. The highest BCUT2D eigenvalue weighted by Gasteiger charge is 2.29. The third-order valence-electron chi connectivity index (χ3n) is 7.06. The van der Waals surface area contributed by atoms with Gasteiger partial charge in [0.15, 0.2) is 0 Å². The monoisotopic (exact) mass is 476 g/mol. The third kappa shape index (κ3) is 5.00. The molecular weight excluding hydrogens is 444 g/mol. The molecule has 1 atom stereocenters. The molecular formula is C26H32N6O3. The predicted molar refractivity (Wildman–Crippen MR) is 134 cm³/mol. The van der Waals surface area contributed by atoms with Gasteiger partial charge >= 0.3 is 0 Å². The lowest BCUT2D eigenvalue weighted by Crippen LogP contribution is -2.52. The van der Waals surface area contributed by atoms with E-state index in [4.69, 9.17) is 4.74 Å². The van der Waals surface area contributed by atoms with Crippen LogP contribution in [0.5, 0.6) is 5.75 Å². The molecule has 0 N–H and O–H groups in total. The molecule has 2 fully saturated rings. The number of carbonyl (C=O) groups excluding carboxylic acids is 2. The summed E-state index contributed by atoms with van der Waals surface area (Å²) in [5.74, 6) is 0.542. The van der Waals surface area contributed by atoms with E-state index in [1.54, 1.807) is 26.6 Å². The summed E-state index contributed by atoms with van der Waals surface area (Å²) in [5, 5.41) is 8.06. The standard InChI is InChI=1S/C26H32N6O3/c1-19-5-3-12-30(19)13-4-16-35-22-9-7-21(8-10-22)32-15-14-31(18-25(32)33)26(34)20-6-11-24-23(17-20)27-28-29(24)2/h6-11,17,19H,3-5,12-16,18H2,1-2H3. The fraction of sp³-hybridized carbons (Fsp3) is 0.462. The van der Waals surface area contributed by atoms with Crippen LogP contribution in [0.4, 0.5) is 5.69 Å². The molecule has 2 aromatic carbocycles. The second kappa shape index (κ2) is 10.0. The van der Waals surface area contributed by atoms with E-state index in [-0.39, 0.29) is 18.4 Å². The number of hydrogen-bond acceptors (Lipinski definition) is 6. The van der Waals surface area contributed by atoms with E-state index in [1.807, 2.05) is 37.4 Å². The Morgan fingerprint density at radius 3 is 2.69 bits per heavy atom. The van der Waals surface area contributed by atoms with Crippen molar-refractivity contribution < 1.29 is 14.3 Å². The van der Waals surface area contributed by atoms with E-state index < -0.39 is 0 Å². The number of likely N-dealkylation sites (tertiary alicyclic amines) is 1. The number of hydrogen-bond donors (Lipinski definition) is 0. The lowest BCUT2D eigenvalue weighted by atomic mass is 10.1. The Morgan fingerprint density at radius 2 is 1.94 bits per heavy atom. The summed E-state index contributed by atoms with van der Waals surface area (Å²) in [5.41, 5.74) is 2.86. The van der Waals surface area contributed by atoms with E-state index in [0.717, 1.165) is 29.9 Å². The van der Waals surface area contributed by atoms with Crippen molar-refractivity contribution in [2.24, 2.45) is 7.05 Å². The van der Waals surface area contributed by atoms with Gasteiger partial charge in [-0.3, -0.25) is 9.59 Å². The Kier molecular flexibility index (Phi) is 6.68. The predicted octanol–water partition coefficient (Wildman–Crippen LogP) is 2.71. The van der Waals surface area contributed by atoms with E-state index in [2.05, 4.69) is 22.1 Å². The third-order valence-corrected chi connectivity index (χ3v) is 7.06. The molecule has 2 amide bonds. The zero-order valence-electron chi connectivity index (χ0n) is 20.4. The summed E-state index contributed by atoms with van der Waals surface area (Å²) < 4.78 is 7.57. The van der Waals surface area contributed by atoms with Gasteiger partial charge < -0.3 is 19.4 Å². The van der Waals surface area contributed by atoms with Crippen LogP contribution in [0.2, 0.25) is 0 Å². The Bertz CT molecular complexity index is 1210. The largest absolute Gasteiger partial charge is 0.494 e. The lowest BCUT2D eigenvalue weighted by Gasteiger charge is -2.34. The van der Waals surface area contributed by atoms with Gasteiger partial charge in [0, 0.05) is 44.0 Å². The number of carbonyl (C=O) groups is 2. The van der Waals surface area contributed by atoms with Crippen molar-refractivity contribution >= 4 is 28.5 Å². The molecule has 3 aromatic rings. The molecule has 2 saturated heterocycles. The molecule has 0 saturated carbocycles. The summed E-state index contributed by atoms with van der Waals surface area (Å²) >= 11 is 0. The number of benzene rings is 2. The number of ether oxygens (including phenoxy) is 1. The van der Waals surface area contributed by atoms with Gasteiger partial charge in [-0.15, -0.1) is 5.10 Å². The molecule has 35 heavy (non-hydrogen) atoms. The van der Waals surface area contributed by atoms with E-state index >= 15 is 0 Å². The minimum Gasteiger partial charge on any atom is -0.494 e. The van der Waals surface area contributed by atoms with Gasteiger partial charge in [0.05, 0.1) is 12.1 Å². The number of aromatic nitrogens is 3. The van der Waals surface area contributed by atoms with Crippen molar-refractivity contribution in [1.82, 2.24) is 24.8 Å². The van der Waals surface area contributed by atoms with E-state index in [9.17, 15) is 9.59 Å². The number of aryl methyl sites for hydroxylation is 1. The smallest absolute Gasteiger partial charge is 0.254 e. The van der Waals surface area contributed by atoms with Crippen LogP contribution in [0, 0.1) is 0 Å². The van der Waals surface area contributed by atoms with Crippen molar-refractivity contribution in [3.8, 4) is 5.75 Å². The maximum Gasteiger partial charge on any atom is 0.254 e. The summed E-state index contributed by atoms with van der Waals surface area (Å²) in [4.78, 5) is 31.7. The Balaban J connectivity index is 1.13. The summed E-state index contributed by atoms with van der Waals surface area (Å²) in [6.07, 6.45) is 3.59. The lowest BCUT2D eigenvalue weighted by molar-refractivity contribution is -0.120. The van der Waals surface area contributed by atoms with Gasteiger partial charge in [0.1, 0.15) is 17.8 Å². The Morgan fingerprint density at radius 1 is 1.11 bits per heavy atom. The van der Waals surface area contributed by atoms with E-state index in [0.29, 0.717) is 36.8 Å².